The first-order chi connectivity index (χ1) is 11.6. The smallest absolute Gasteiger partial charge is 0.275 e. The molecule has 0 saturated carbocycles. The monoisotopic (exact) mass is 343 g/mol. The summed E-state index contributed by atoms with van der Waals surface area (Å²) in [6.07, 6.45) is 1.80. The third-order valence-corrected chi connectivity index (χ3v) is 4.42. The summed E-state index contributed by atoms with van der Waals surface area (Å²) in [5, 5.41) is 17.5. The van der Waals surface area contributed by atoms with Crippen LogP contribution in [0.4, 0.5) is 5.13 Å². The third-order valence-electron chi connectivity index (χ3n) is 3.52. The number of aromatic nitrogens is 4. The van der Waals surface area contributed by atoms with Crippen LogP contribution in [0.1, 0.15) is 24.0 Å². The zero-order chi connectivity index (χ0) is 17.1. The molecule has 3 aromatic rings. The lowest BCUT2D eigenvalue weighted by Gasteiger charge is -2.08. The minimum Gasteiger partial charge on any atom is -0.299 e. The van der Waals surface area contributed by atoms with Crippen LogP contribution < -0.4 is 10.9 Å². The van der Waals surface area contributed by atoms with E-state index in [1.54, 1.807) is 12.1 Å². The van der Waals surface area contributed by atoms with Crippen molar-refractivity contribution in [3.05, 3.63) is 45.3 Å². The number of nitrogens with one attached hydrogen (secondary N) is 1. The Kier molecular flexibility index (Phi) is 4.66. The Labute approximate surface area is 142 Å². The highest BCUT2D eigenvalue weighted by atomic mass is 32.1. The molecule has 0 unspecified atom stereocenters. The molecule has 0 saturated heterocycles. The van der Waals surface area contributed by atoms with Gasteiger partial charge in [-0.15, -0.1) is 10.2 Å². The Morgan fingerprint density at radius 2 is 2.00 bits per heavy atom. The molecular weight excluding hydrogens is 326 g/mol. The molecule has 7 nitrogen and oxygen atoms in total. The van der Waals surface area contributed by atoms with Crippen molar-refractivity contribution in [3.8, 4) is 0 Å². The highest BCUT2D eigenvalue weighted by Crippen LogP contribution is 2.16. The molecule has 0 radical (unpaired) electrons. The summed E-state index contributed by atoms with van der Waals surface area (Å²) in [6, 6.07) is 7.24. The van der Waals surface area contributed by atoms with Crippen molar-refractivity contribution in [2.75, 3.05) is 5.32 Å². The number of carbonyl (C=O) groups is 1. The molecule has 24 heavy (non-hydrogen) atoms. The van der Waals surface area contributed by atoms with E-state index in [-0.39, 0.29) is 18.0 Å². The number of hydrogen-bond acceptors (Lipinski definition) is 6. The second-order valence-electron chi connectivity index (χ2n) is 5.39. The molecule has 0 spiro atoms. The zero-order valence-electron chi connectivity index (χ0n) is 13.4. The maximum absolute atomic E-state index is 12.5. The lowest BCUT2D eigenvalue weighted by atomic mass is 10.1. The van der Waals surface area contributed by atoms with Crippen LogP contribution in [-0.2, 0) is 17.8 Å². The van der Waals surface area contributed by atoms with Crippen molar-refractivity contribution in [2.24, 2.45) is 0 Å². The standard InChI is InChI=1S/C16H17N5O2S/c1-3-6-14-18-19-16(24-14)17-13(22)9-21-15(23)12-8-5-4-7-11(12)10(2)20-21/h4-5,7-8H,3,6,9H2,1-2H3,(H,17,19,22). The van der Waals surface area contributed by atoms with Gasteiger partial charge in [-0.1, -0.05) is 36.5 Å². The third kappa shape index (κ3) is 3.33. The second-order valence-corrected chi connectivity index (χ2v) is 6.45. The van der Waals surface area contributed by atoms with Gasteiger partial charge in [0.1, 0.15) is 11.6 Å². The minimum absolute atomic E-state index is 0.160. The van der Waals surface area contributed by atoms with Gasteiger partial charge in [0.2, 0.25) is 11.0 Å². The van der Waals surface area contributed by atoms with Crippen LogP contribution in [0.15, 0.2) is 29.1 Å². The normalized spacial score (nSPS) is 10.9. The maximum Gasteiger partial charge on any atom is 0.275 e. The molecule has 3 rings (SSSR count). The first kappa shape index (κ1) is 16.3. The number of amides is 1. The first-order valence-corrected chi connectivity index (χ1v) is 8.49. The fourth-order valence-electron chi connectivity index (χ4n) is 2.43. The molecule has 0 bridgehead atoms. The lowest BCUT2D eigenvalue weighted by molar-refractivity contribution is -0.117. The number of hydrogen-bond donors (Lipinski definition) is 1. The zero-order valence-corrected chi connectivity index (χ0v) is 14.3. The van der Waals surface area contributed by atoms with Gasteiger partial charge in [-0.25, -0.2) is 4.68 Å². The molecular formula is C16H17N5O2S. The maximum atomic E-state index is 12.5. The van der Waals surface area contributed by atoms with Crippen LogP contribution in [0.3, 0.4) is 0 Å². The molecule has 0 aliphatic carbocycles. The van der Waals surface area contributed by atoms with Gasteiger partial charge in [0, 0.05) is 11.8 Å². The number of fused-ring (bicyclic) bond motifs is 1. The Bertz CT molecular complexity index is 947. The number of anilines is 1. The van der Waals surface area contributed by atoms with Crippen LogP contribution >= 0.6 is 11.3 Å². The van der Waals surface area contributed by atoms with E-state index in [9.17, 15) is 9.59 Å². The van der Waals surface area contributed by atoms with Crippen LogP contribution in [0, 0.1) is 6.92 Å². The number of aryl methyl sites for hydroxylation is 2. The molecule has 0 aliphatic rings. The van der Waals surface area contributed by atoms with Crippen molar-refractivity contribution >= 4 is 33.1 Å². The van der Waals surface area contributed by atoms with Crippen LogP contribution in [0.5, 0.6) is 0 Å². The SMILES string of the molecule is CCCc1nnc(NC(=O)Cn2nc(C)c3ccccc3c2=O)s1. The predicted octanol–water partition coefficient (Wildman–Crippen LogP) is 2.15. The summed E-state index contributed by atoms with van der Waals surface area (Å²) in [6.45, 7) is 3.71. The van der Waals surface area contributed by atoms with Gasteiger partial charge in [-0.2, -0.15) is 5.10 Å². The number of carbonyl (C=O) groups excluding carboxylic acids is 1. The summed E-state index contributed by atoms with van der Waals surface area (Å²) < 4.78 is 1.18. The molecule has 1 aromatic carbocycles. The number of nitrogens with zero attached hydrogens (tertiary/aromatic N) is 4. The molecule has 2 aromatic heterocycles. The van der Waals surface area contributed by atoms with Crippen LogP contribution in [0.2, 0.25) is 0 Å². The molecule has 8 heteroatoms. The van der Waals surface area contributed by atoms with E-state index in [1.165, 1.54) is 16.0 Å². The van der Waals surface area contributed by atoms with E-state index in [0.717, 1.165) is 23.2 Å². The summed E-state index contributed by atoms with van der Waals surface area (Å²) >= 11 is 1.34. The van der Waals surface area contributed by atoms with Crippen molar-refractivity contribution in [2.45, 2.75) is 33.2 Å². The van der Waals surface area contributed by atoms with E-state index in [0.29, 0.717) is 16.2 Å². The molecule has 2 heterocycles. The van der Waals surface area contributed by atoms with Crippen LogP contribution in [0.25, 0.3) is 10.8 Å². The molecule has 0 fully saturated rings. The minimum atomic E-state index is -0.349. The number of rotatable bonds is 5. The Morgan fingerprint density at radius 1 is 1.25 bits per heavy atom. The van der Waals surface area contributed by atoms with Crippen molar-refractivity contribution in [1.82, 2.24) is 20.0 Å². The van der Waals surface area contributed by atoms with Gasteiger partial charge in [0.15, 0.2) is 0 Å². The predicted molar refractivity (Wildman–Crippen MR) is 93.3 cm³/mol. The van der Waals surface area contributed by atoms with E-state index >= 15 is 0 Å². The second kappa shape index (κ2) is 6.88. The Balaban J connectivity index is 1.80. The van der Waals surface area contributed by atoms with E-state index in [1.807, 2.05) is 19.1 Å². The molecule has 0 aliphatic heterocycles. The van der Waals surface area contributed by atoms with Crippen molar-refractivity contribution < 1.29 is 4.79 Å². The van der Waals surface area contributed by atoms with Gasteiger partial charge >= 0.3 is 0 Å². The van der Waals surface area contributed by atoms with E-state index in [4.69, 9.17) is 0 Å². The summed E-state index contributed by atoms with van der Waals surface area (Å²) in [5.74, 6) is -0.349. The fourth-order valence-corrected chi connectivity index (χ4v) is 3.28. The fraction of sp³-hybridized carbons (Fsp3) is 0.312. The Morgan fingerprint density at radius 3 is 2.75 bits per heavy atom. The Hall–Kier alpha value is -2.61. The quantitative estimate of drug-likeness (QED) is 0.766. The molecule has 0 atom stereocenters. The molecule has 1 amide bonds. The van der Waals surface area contributed by atoms with Gasteiger partial charge in [-0.3, -0.25) is 14.9 Å². The van der Waals surface area contributed by atoms with Gasteiger partial charge in [-0.05, 0) is 19.4 Å². The molecule has 124 valence electrons. The average Bonchev–Trinajstić information content (AvgIpc) is 3.00. The number of benzene rings is 1. The summed E-state index contributed by atoms with van der Waals surface area (Å²) in [7, 11) is 0. The lowest BCUT2D eigenvalue weighted by Crippen LogP contribution is -2.30. The van der Waals surface area contributed by atoms with Gasteiger partial charge < -0.3 is 0 Å². The topological polar surface area (TPSA) is 89.8 Å². The van der Waals surface area contributed by atoms with E-state index < -0.39 is 0 Å². The van der Waals surface area contributed by atoms with Gasteiger partial charge in [0.25, 0.3) is 5.56 Å². The van der Waals surface area contributed by atoms with E-state index in [2.05, 4.69) is 27.5 Å². The van der Waals surface area contributed by atoms with Crippen molar-refractivity contribution in [1.29, 1.82) is 0 Å². The summed E-state index contributed by atoms with van der Waals surface area (Å²) in [5.41, 5.74) is 0.425. The largest absolute Gasteiger partial charge is 0.299 e. The van der Waals surface area contributed by atoms with Crippen LogP contribution in [-0.4, -0.2) is 25.9 Å². The summed E-state index contributed by atoms with van der Waals surface area (Å²) in [4.78, 5) is 24.6. The van der Waals surface area contributed by atoms with Gasteiger partial charge in [0.05, 0.1) is 11.1 Å². The highest BCUT2D eigenvalue weighted by molar-refractivity contribution is 7.15. The first-order valence-electron chi connectivity index (χ1n) is 7.67. The van der Waals surface area contributed by atoms with Crippen molar-refractivity contribution in [3.63, 3.8) is 0 Å². The highest BCUT2D eigenvalue weighted by Gasteiger charge is 2.12. The average molecular weight is 343 g/mol. The molecule has 1 N–H and O–H groups in total.